The molecule has 1 aliphatic heterocycles. The van der Waals surface area contributed by atoms with E-state index in [1.807, 2.05) is 24.3 Å². The average molecular weight is 527 g/mol. The van der Waals surface area contributed by atoms with Gasteiger partial charge in [0.25, 0.3) is 5.91 Å². The second kappa shape index (κ2) is 10.0. The molecule has 0 radical (unpaired) electrons. The molecule has 0 spiro atoms. The van der Waals surface area contributed by atoms with Crippen LogP contribution in [0.4, 0.5) is 5.13 Å². The maximum atomic E-state index is 13.6. The van der Waals surface area contributed by atoms with Gasteiger partial charge in [0.2, 0.25) is 10.0 Å². The average Bonchev–Trinajstić information content (AvgIpc) is 3.31. The number of sulfonamides is 1. The molecular formula is C25H23ClN4O3S2. The van der Waals surface area contributed by atoms with E-state index in [1.165, 1.54) is 27.8 Å². The third-order valence-corrected chi connectivity index (χ3v) is 9.12. The maximum Gasteiger partial charge on any atom is 0.260 e. The van der Waals surface area contributed by atoms with E-state index in [0.29, 0.717) is 28.8 Å². The number of halogens is 1. The summed E-state index contributed by atoms with van der Waals surface area (Å²) in [6.07, 6.45) is 6.17. The molecule has 180 valence electrons. The van der Waals surface area contributed by atoms with Crippen LogP contribution in [-0.4, -0.2) is 41.7 Å². The van der Waals surface area contributed by atoms with Crippen molar-refractivity contribution in [2.45, 2.75) is 30.7 Å². The van der Waals surface area contributed by atoms with Crippen molar-refractivity contribution in [1.29, 1.82) is 0 Å². The molecule has 1 amide bonds. The fraction of sp³-hybridized carbons (Fsp3) is 0.240. The van der Waals surface area contributed by atoms with Crippen LogP contribution in [0.5, 0.6) is 0 Å². The van der Waals surface area contributed by atoms with Crippen molar-refractivity contribution in [3.8, 4) is 0 Å². The zero-order valence-electron chi connectivity index (χ0n) is 18.8. The predicted molar refractivity (Wildman–Crippen MR) is 138 cm³/mol. The Morgan fingerprint density at radius 3 is 2.54 bits per heavy atom. The first-order valence-corrected chi connectivity index (χ1v) is 13.9. The monoisotopic (exact) mass is 526 g/mol. The molecule has 0 saturated carbocycles. The van der Waals surface area contributed by atoms with Crippen LogP contribution in [0.2, 0.25) is 5.02 Å². The highest BCUT2D eigenvalue weighted by Crippen LogP contribution is 2.32. The zero-order chi connectivity index (χ0) is 24.4. The number of carbonyl (C=O) groups excluding carboxylic acids is 1. The molecule has 7 nitrogen and oxygen atoms in total. The van der Waals surface area contributed by atoms with Crippen LogP contribution >= 0.6 is 22.9 Å². The van der Waals surface area contributed by atoms with Crippen molar-refractivity contribution in [2.24, 2.45) is 0 Å². The number of carbonyl (C=O) groups is 1. The molecule has 0 atom stereocenters. The highest BCUT2D eigenvalue weighted by molar-refractivity contribution is 7.89. The van der Waals surface area contributed by atoms with Crippen LogP contribution in [0.1, 0.15) is 35.2 Å². The Labute approximate surface area is 213 Å². The molecule has 2 aromatic heterocycles. The number of aromatic nitrogens is 2. The minimum Gasteiger partial charge on any atom is -0.279 e. The molecule has 0 aliphatic carbocycles. The summed E-state index contributed by atoms with van der Waals surface area (Å²) in [5.74, 6) is -0.277. The molecule has 0 unspecified atom stereocenters. The van der Waals surface area contributed by atoms with Crippen LogP contribution in [0.25, 0.3) is 10.2 Å². The number of piperidine rings is 1. The summed E-state index contributed by atoms with van der Waals surface area (Å²) in [6.45, 7) is 1.33. The number of hydrogen-bond acceptors (Lipinski definition) is 6. The number of rotatable bonds is 6. The fourth-order valence-electron chi connectivity index (χ4n) is 4.08. The second-order valence-corrected chi connectivity index (χ2v) is 11.7. The van der Waals surface area contributed by atoms with Gasteiger partial charge in [-0.25, -0.2) is 13.4 Å². The fourth-order valence-corrected chi connectivity index (χ4v) is 6.84. The van der Waals surface area contributed by atoms with Crippen LogP contribution in [0.3, 0.4) is 0 Å². The first kappa shape index (κ1) is 23.9. The van der Waals surface area contributed by atoms with E-state index in [4.69, 9.17) is 11.6 Å². The van der Waals surface area contributed by atoms with Gasteiger partial charge >= 0.3 is 0 Å². The number of benzene rings is 2. The van der Waals surface area contributed by atoms with Gasteiger partial charge in [-0.1, -0.05) is 35.4 Å². The Balaban J connectivity index is 1.47. The number of hydrogen-bond donors (Lipinski definition) is 0. The molecule has 4 aromatic rings. The Morgan fingerprint density at radius 1 is 1.06 bits per heavy atom. The second-order valence-electron chi connectivity index (χ2n) is 8.35. The van der Waals surface area contributed by atoms with E-state index in [1.54, 1.807) is 35.5 Å². The van der Waals surface area contributed by atoms with Crippen molar-refractivity contribution in [1.82, 2.24) is 14.3 Å². The summed E-state index contributed by atoms with van der Waals surface area (Å²) >= 11 is 7.52. The number of pyridine rings is 1. The molecule has 3 heterocycles. The normalized spacial score (nSPS) is 14.8. The first-order valence-electron chi connectivity index (χ1n) is 11.3. The van der Waals surface area contributed by atoms with E-state index < -0.39 is 10.0 Å². The van der Waals surface area contributed by atoms with Crippen molar-refractivity contribution < 1.29 is 13.2 Å². The number of nitrogens with zero attached hydrogens (tertiary/aromatic N) is 4. The lowest BCUT2D eigenvalue weighted by Crippen LogP contribution is -2.35. The Morgan fingerprint density at radius 2 is 1.83 bits per heavy atom. The lowest BCUT2D eigenvalue weighted by atomic mass is 10.2. The maximum absolute atomic E-state index is 13.6. The highest BCUT2D eigenvalue weighted by atomic mass is 35.5. The molecule has 0 bridgehead atoms. The molecule has 5 rings (SSSR count). The number of fused-ring (bicyclic) bond motifs is 1. The minimum atomic E-state index is -3.57. The van der Waals surface area contributed by atoms with E-state index in [-0.39, 0.29) is 17.3 Å². The molecule has 1 fully saturated rings. The first-order chi connectivity index (χ1) is 16.9. The van der Waals surface area contributed by atoms with Gasteiger partial charge in [-0.3, -0.25) is 14.7 Å². The quantitative estimate of drug-likeness (QED) is 0.337. The van der Waals surface area contributed by atoms with Gasteiger partial charge < -0.3 is 0 Å². The van der Waals surface area contributed by atoms with Crippen LogP contribution in [0, 0.1) is 0 Å². The van der Waals surface area contributed by atoms with Gasteiger partial charge in [0.15, 0.2) is 5.13 Å². The van der Waals surface area contributed by atoms with Crippen LogP contribution in [-0.2, 0) is 16.6 Å². The molecular weight excluding hydrogens is 504 g/mol. The number of amides is 1. The smallest absolute Gasteiger partial charge is 0.260 e. The van der Waals surface area contributed by atoms with Gasteiger partial charge in [0, 0.05) is 36.1 Å². The summed E-state index contributed by atoms with van der Waals surface area (Å²) in [5.41, 5.74) is 1.98. The molecule has 10 heteroatoms. The molecule has 35 heavy (non-hydrogen) atoms. The summed E-state index contributed by atoms with van der Waals surface area (Å²) < 4.78 is 28.4. The van der Waals surface area contributed by atoms with Crippen molar-refractivity contribution >= 4 is 54.2 Å². The van der Waals surface area contributed by atoms with Crippen LogP contribution < -0.4 is 4.90 Å². The predicted octanol–water partition coefficient (Wildman–Crippen LogP) is 5.37. The summed E-state index contributed by atoms with van der Waals surface area (Å²) in [5, 5.41) is 1.13. The van der Waals surface area contributed by atoms with Gasteiger partial charge in [0.05, 0.1) is 21.7 Å². The van der Waals surface area contributed by atoms with Crippen molar-refractivity contribution in [2.75, 3.05) is 18.0 Å². The van der Waals surface area contributed by atoms with Crippen molar-refractivity contribution in [3.63, 3.8) is 0 Å². The summed E-state index contributed by atoms with van der Waals surface area (Å²) in [4.78, 5) is 24.2. The SMILES string of the molecule is O=C(c1ccc(S(=O)(=O)N2CCCCC2)cc1)N(Cc1cccnc1)c1nc2ccc(Cl)cc2s1. The highest BCUT2D eigenvalue weighted by Gasteiger charge is 2.27. The largest absolute Gasteiger partial charge is 0.279 e. The van der Waals surface area contributed by atoms with E-state index >= 15 is 0 Å². The van der Waals surface area contributed by atoms with E-state index in [0.717, 1.165) is 35.0 Å². The summed E-state index contributed by atoms with van der Waals surface area (Å²) in [6, 6.07) is 15.3. The Bertz CT molecular complexity index is 1450. The van der Waals surface area contributed by atoms with E-state index in [2.05, 4.69) is 9.97 Å². The third-order valence-electron chi connectivity index (χ3n) is 5.93. The number of anilines is 1. The standard InChI is InChI=1S/C25H23ClN4O3S2/c26-20-8-11-22-23(15-20)34-25(28-22)30(17-18-5-4-12-27-16-18)24(31)19-6-9-21(10-7-19)35(32,33)29-13-2-1-3-14-29/h4-12,15-16H,1-3,13-14,17H2. The van der Waals surface area contributed by atoms with Gasteiger partial charge in [-0.05, 0) is 66.9 Å². The molecule has 1 aliphatic rings. The Hall–Kier alpha value is -2.85. The zero-order valence-corrected chi connectivity index (χ0v) is 21.2. The van der Waals surface area contributed by atoms with Crippen molar-refractivity contribution in [3.05, 3.63) is 83.1 Å². The topological polar surface area (TPSA) is 83.5 Å². The summed E-state index contributed by atoms with van der Waals surface area (Å²) in [7, 11) is -3.57. The van der Waals surface area contributed by atoms with Gasteiger partial charge in [0.1, 0.15) is 0 Å². The lowest BCUT2D eigenvalue weighted by Gasteiger charge is -2.26. The lowest BCUT2D eigenvalue weighted by molar-refractivity contribution is 0.0985. The van der Waals surface area contributed by atoms with Gasteiger partial charge in [-0.15, -0.1) is 0 Å². The third kappa shape index (κ3) is 5.08. The molecule has 0 N–H and O–H groups in total. The molecule has 1 saturated heterocycles. The van der Waals surface area contributed by atoms with E-state index in [9.17, 15) is 13.2 Å². The number of thiazole rings is 1. The van der Waals surface area contributed by atoms with Crippen LogP contribution in [0.15, 0.2) is 71.9 Å². The molecule has 2 aromatic carbocycles. The minimum absolute atomic E-state index is 0.199. The van der Waals surface area contributed by atoms with Gasteiger partial charge in [-0.2, -0.15) is 4.31 Å². The Kier molecular flexibility index (Phi) is 6.84.